The van der Waals surface area contributed by atoms with E-state index in [4.69, 9.17) is 27.9 Å². The molecule has 0 amide bonds. The molecule has 2 aromatic rings. The number of hydrogen-bond acceptors (Lipinski definition) is 2. The second-order valence-corrected chi connectivity index (χ2v) is 5.64. The second-order valence-electron chi connectivity index (χ2n) is 3.97. The molecule has 2 nitrogen and oxygen atoms in total. The van der Waals surface area contributed by atoms with Gasteiger partial charge in [0.1, 0.15) is 11.5 Å². The first-order valence-corrected chi connectivity index (χ1v) is 7.21. The summed E-state index contributed by atoms with van der Waals surface area (Å²) in [5.74, 6) is 1.26. The van der Waals surface area contributed by atoms with Gasteiger partial charge in [0.25, 0.3) is 0 Å². The summed E-state index contributed by atoms with van der Waals surface area (Å²) in [6, 6.07) is 11.2. The number of hydrogen-bond donors (Lipinski definition) is 1. The van der Waals surface area contributed by atoms with Gasteiger partial charge in [-0.25, -0.2) is 0 Å². The number of benzene rings is 2. The number of rotatable bonds is 4. The van der Waals surface area contributed by atoms with E-state index in [1.54, 1.807) is 12.1 Å². The third-order valence-electron chi connectivity index (χ3n) is 2.51. The van der Waals surface area contributed by atoms with E-state index in [-0.39, 0.29) is 0 Å². The van der Waals surface area contributed by atoms with E-state index >= 15 is 0 Å². The Labute approximate surface area is 130 Å². The molecule has 0 saturated carbocycles. The zero-order chi connectivity index (χ0) is 13.8. The Hall–Kier alpha value is -0.740. The van der Waals surface area contributed by atoms with E-state index < -0.39 is 0 Å². The summed E-state index contributed by atoms with van der Waals surface area (Å²) in [4.78, 5) is 0. The Morgan fingerprint density at radius 3 is 2.42 bits per heavy atom. The molecule has 0 aliphatic heterocycles. The van der Waals surface area contributed by atoms with Gasteiger partial charge in [0.15, 0.2) is 0 Å². The highest BCUT2D eigenvalue weighted by molar-refractivity contribution is 9.10. The number of ether oxygens (including phenoxy) is 1. The zero-order valence-electron chi connectivity index (χ0n) is 10.2. The first kappa shape index (κ1) is 14.7. The van der Waals surface area contributed by atoms with E-state index in [0.29, 0.717) is 15.8 Å². The van der Waals surface area contributed by atoms with E-state index in [1.807, 2.05) is 31.3 Å². The molecule has 0 heterocycles. The molecule has 0 aromatic heterocycles. The smallest absolute Gasteiger partial charge is 0.147 e. The van der Waals surface area contributed by atoms with Crippen LogP contribution in [-0.4, -0.2) is 7.05 Å². The van der Waals surface area contributed by atoms with Crippen LogP contribution in [0.25, 0.3) is 0 Å². The van der Waals surface area contributed by atoms with E-state index in [9.17, 15) is 0 Å². The lowest BCUT2D eigenvalue weighted by Gasteiger charge is -2.09. The molecule has 2 aromatic carbocycles. The van der Waals surface area contributed by atoms with Crippen molar-refractivity contribution in [2.75, 3.05) is 7.05 Å². The third kappa shape index (κ3) is 3.86. The normalized spacial score (nSPS) is 10.5. The Morgan fingerprint density at radius 1 is 1.11 bits per heavy atom. The molecule has 5 heteroatoms. The predicted molar refractivity (Wildman–Crippen MR) is 83.4 cm³/mol. The van der Waals surface area contributed by atoms with Crippen LogP contribution in [0.4, 0.5) is 0 Å². The molecule has 0 radical (unpaired) electrons. The van der Waals surface area contributed by atoms with Gasteiger partial charge in [0.2, 0.25) is 0 Å². The SMILES string of the molecule is CNCc1ccc(Oc2cc(Cl)c(Br)cc2Cl)cc1. The summed E-state index contributed by atoms with van der Waals surface area (Å²) >= 11 is 15.4. The van der Waals surface area contributed by atoms with Crippen molar-refractivity contribution >= 4 is 39.1 Å². The standard InChI is InChI=1S/C14H12BrCl2NO/c1-18-8-9-2-4-10(5-3-9)19-14-7-12(16)11(15)6-13(14)17/h2-7,18H,8H2,1H3. The fourth-order valence-electron chi connectivity index (χ4n) is 1.59. The Kier molecular flexibility index (Phi) is 5.11. The van der Waals surface area contributed by atoms with Crippen molar-refractivity contribution in [3.63, 3.8) is 0 Å². The van der Waals surface area contributed by atoms with Crippen molar-refractivity contribution < 1.29 is 4.74 Å². The molecule has 0 aliphatic carbocycles. The molecule has 19 heavy (non-hydrogen) atoms. The molecular weight excluding hydrogens is 349 g/mol. The molecule has 1 N–H and O–H groups in total. The van der Waals surface area contributed by atoms with Crippen molar-refractivity contribution in [3.8, 4) is 11.5 Å². The summed E-state index contributed by atoms with van der Waals surface area (Å²) in [6.07, 6.45) is 0. The minimum atomic E-state index is 0.510. The van der Waals surface area contributed by atoms with Gasteiger partial charge in [-0.05, 0) is 46.7 Å². The molecule has 0 bridgehead atoms. The van der Waals surface area contributed by atoms with Crippen molar-refractivity contribution in [1.29, 1.82) is 0 Å². The largest absolute Gasteiger partial charge is 0.456 e. The van der Waals surface area contributed by atoms with E-state index in [2.05, 4.69) is 21.2 Å². The topological polar surface area (TPSA) is 21.3 Å². The molecule has 0 aliphatic rings. The van der Waals surface area contributed by atoms with Crippen LogP contribution >= 0.6 is 39.1 Å². The van der Waals surface area contributed by atoms with Gasteiger partial charge in [0, 0.05) is 17.1 Å². The van der Waals surface area contributed by atoms with Crippen molar-refractivity contribution in [3.05, 3.63) is 56.5 Å². The molecule has 0 saturated heterocycles. The molecule has 0 unspecified atom stereocenters. The summed E-state index contributed by atoms with van der Waals surface area (Å²) in [5.41, 5.74) is 1.19. The fraction of sp³-hybridized carbons (Fsp3) is 0.143. The van der Waals surface area contributed by atoms with Gasteiger partial charge < -0.3 is 10.1 Å². The van der Waals surface area contributed by atoms with Gasteiger partial charge in [-0.3, -0.25) is 0 Å². The lowest BCUT2D eigenvalue weighted by Crippen LogP contribution is -2.04. The summed E-state index contributed by atoms with van der Waals surface area (Å²) in [5, 5.41) is 4.16. The van der Waals surface area contributed by atoms with Crippen LogP contribution < -0.4 is 10.1 Å². The maximum atomic E-state index is 6.11. The molecule has 0 fully saturated rings. The van der Waals surface area contributed by atoms with Gasteiger partial charge in [-0.2, -0.15) is 0 Å². The van der Waals surface area contributed by atoms with E-state index in [0.717, 1.165) is 16.8 Å². The first-order valence-electron chi connectivity index (χ1n) is 5.66. The quantitative estimate of drug-likeness (QED) is 0.750. The Morgan fingerprint density at radius 2 is 1.79 bits per heavy atom. The van der Waals surface area contributed by atoms with Gasteiger partial charge >= 0.3 is 0 Å². The average molecular weight is 361 g/mol. The number of halogens is 3. The summed E-state index contributed by atoms with van der Waals surface area (Å²) in [7, 11) is 1.91. The predicted octanol–water partition coefficient (Wildman–Crippen LogP) is 5.27. The van der Waals surface area contributed by atoms with Crippen LogP contribution in [0.1, 0.15) is 5.56 Å². The van der Waals surface area contributed by atoms with Crippen LogP contribution in [0.5, 0.6) is 11.5 Å². The molecule has 0 spiro atoms. The van der Waals surface area contributed by atoms with Crippen LogP contribution in [-0.2, 0) is 6.54 Å². The highest BCUT2D eigenvalue weighted by atomic mass is 79.9. The summed E-state index contributed by atoms with van der Waals surface area (Å²) in [6.45, 7) is 0.825. The number of nitrogens with one attached hydrogen (secondary N) is 1. The second kappa shape index (κ2) is 6.62. The lowest BCUT2D eigenvalue weighted by molar-refractivity contribution is 0.482. The minimum absolute atomic E-state index is 0.510. The molecular formula is C14H12BrCl2NO. The molecule has 100 valence electrons. The van der Waals surface area contributed by atoms with Crippen molar-refractivity contribution in [2.24, 2.45) is 0 Å². The van der Waals surface area contributed by atoms with Crippen LogP contribution in [0, 0.1) is 0 Å². The van der Waals surface area contributed by atoms with E-state index in [1.165, 1.54) is 5.56 Å². The van der Waals surface area contributed by atoms with Crippen LogP contribution in [0.2, 0.25) is 10.0 Å². The van der Waals surface area contributed by atoms with Crippen molar-refractivity contribution in [2.45, 2.75) is 6.54 Å². The van der Waals surface area contributed by atoms with Gasteiger partial charge in [-0.15, -0.1) is 0 Å². The Bertz CT molecular complexity index is 572. The monoisotopic (exact) mass is 359 g/mol. The van der Waals surface area contributed by atoms with Crippen LogP contribution in [0.3, 0.4) is 0 Å². The maximum absolute atomic E-state index is 6.11. The maximum Gasteiger partial charge on any atom is 0.147 e. The lowest BCUT2D eigenvalue weighted by atomic mass is 10.2. The summed E-state index contributed by atoms with van der Waals surface area (Å²) < 4.78 is 6.47. The third-order valence-corrected chi connectivity index (χ3v) is 4.00. The highest BCUT2D eigenvalue weighted by Crippen LogP contribution is 2.36. The molecule has 0 atom stereocenters. The van der Waals surface area contributed by atoms with Gasteiger partial charge in [-0.1, -0.05) is 35.3 Å². The highest BCUT2D eigenvalue weighted by Gasteiger charge is 2.07. The van der Waals surface area contributed by atoms with Gasteiger partial charge in [0.05, 0.1) is 10.0 Å². The molecule has 2 rings (SSSR count). The van der Waals surface area contributed by atoms with Crippen molar-refractivity contribution in [1.82, 2.24) is 5.32 Å². The Balaban J connectivity index is 2.19. The first-order chi connectivity index (χ1) is 9.10. The minimum Gasteiger partial charge on any atom is -0.456 e. The zero-order valence-corrected chi connectivity index (χ0v) is 13.3. The fourth-order valence-corrected chi connectivity index (χ4v) is 2.42. The average Bonchev–Trinajstić information content (AvgIpc) is 2.38. The van der Waals surface area contributed by atoms with Crippen LogP contribution in [0.15, 0.2) is 40.9 Å².